The molecule has 0 saturated carbocycles. The second-order valence-electron chi connectivity index (χ2n) is 7.98. The molecule has 4 nitrogen and oxygen atoms in total. The Morgan fingerprint density at radius 2 is 1.83 bits per heavy atom. The van der Waals surface area contributed by atoms with Crippen molar-refractivity contribution in [1.29, 1.82) is 0 Å². The van der Waals surface area contributed by atoms with Gasteiger partial charge in [0, 0.05) is 22.5 Å². The van der Waals surface area contributed by atoms with Crippen LogP contribution in [0.1, 0.15) is 51.7 Å². The summed E-state index contributed by atoms with van der Waals surface area (Å²) in [6.07, 6.45) is 2.35. The van der Waals surface area contributed by atoms with E-state index in [2.05, 4.69) is 36.2 Å². The second kappa shape index (κ2) is 8.21. The van der Waals surface area contributed by atoms with E-state index in [0.29, 0.717) is 12.3 Å². The minimum Gasteiger partial charge on any atom is -0.451 e. The van der Waals surface area contributed by atoms with E-state index in [1.54, 1.807) is 0 Å². The van der Waals surface area contributed by atoms with Crippen molar-refractivity contribution in [2.24, 2.45) is 0 Å². The van der Waals surface area contributed by atoms with Crippen molar-refractivity contribution in [3.63, 3.8) is 0 Å². The Kier molecular flexibility index (Phi) is 5.66. The van der Waals surface area contributed by atoms with Crippen molar-refractivity contribution in [3.8, 4) is 0 Å². The van der Waals surface area contributed by atoms with Crippen LogP contribution in [-0.4, -0.2) is 30.4 Å². The zero-order valence-electron chi connectivity index (χ0n) is 17.2. The average molecular weight is 411 g/mol. The van der Waals surface area contributed by atoms with E-state index in [4.69, 9.17) is 16.0 Å². The van der Waals surface area contributed by atoms with Crippen LogP contribution in [-0.2, 0) is 0 Å². The predicted molar refractivity (Wildman–Crippen MR) is 118 cm³/mol. The molecule has 0 aliphatic carbocycles. The molecular formula is C24H27ClN2O2. The van der Waals surface area contributed by atoms with Crippen molar-refractivity contribution < 1.29 is 9.21 Å². The number of likely N-dealkylation sites (tertiary alicyclic amines) is 1. The van der Waals surface area contributed by atoms with Gasteiger partial charge >= 0.3 is 0 Å². The Balaban J connectivity index is 1.58. The summed E-state index contributed by atoms with van der Waals surface area (Å²) in [6.45, 7) is 8.61. The van der Waals surface area contributed by atoms with Crippen LogP contribution in [0, 0.1) is 20.8 Å². The maximum atomic E-state index is 13.0. The van der Waals surface area contributed by atoms with Crippen molar-refractivity contribution in [1.82, 2.24) is 10.2 Å². The van der Waals surface area contributed by atoms with E-state index in [1.165, 1.54) is 18.4 Å². The number of nitrogens with zero attached hydrogens (tertiary/aromatic N) is 1. The predicted octanol–water partition coefficient (Wildman–Crippen LogP) is 5.58. The molecule has 4 rings (SSSR count). The number of furan rings is 1. The van der Waals surface area contributed by atoms with Crippen molar-refractivity contribution >= 4 is 28.5 Å². The molecule has 0 radical (unpaired) electrons. The van der Waals surface area contributed by atoms with Crippen LogP contribution in [0.3, 0.4) is 0 Å². The average Bonchev–Trinajstić information content (AvgIpc) is 3.33. The van der Waals surface area contributed by atoms with Crippen LogP contribution < -0.4 is 5.32 Å². The van der Waals surface area contributed by atoms with Gasteiger partial charge in [-0.05, 0) is 81.6 Å². The maximum absolute atomic E-state index is 13.0. The Hall–Kier alpha value is -2.30. The van der Waals surface area contributed by atoms with Gasteiger partial charge in [0.25, 0.3) is 5.91 Å². The smallest absolute Gasteiger partial charge is 0.287 e. The lowest BCUT2D eigenvalue weighted by molar-refractivity contribution is 0.0911. The van der Waals surface area contributed by atoms with Crippen LogP contribution in [0.5, 0.6) is 0 Å². The standard InChI is InChI=1S/C24H27ClN2O2/c1-15-12-19-17(3)23(29-22(19)13-16(15)2)24(28)26-14-21(27-10-6-7-11-27)18-8-4-5-9-20(18)25/h4-5,8-9,12-13,21H,6-7,10-11,14H2,1-3H3,(H,26,28). The van der Waals surface area contributed by atoms with E-state index >= 15 is 0 Å². The normalized spacial score (nSPS) is 15.7. The molecule has 152 valence electrons. The fourth-order valence-electron chi connectivity index (χ4n) is 4.20. The molecule has 1 N–H and O–H groups in total. The van der Waals surface area contributed by atoms with Gasteiger partial charge in [-0.1, -0.05) is 29.8 Å². The summed E-state index contributed by atoms with van der Waals surface area (Å²) < 4.78 is 5.93. The third kappa shape index (κ3) is 3.92. The van der Waals surface area contributed by atoms with Gasteiger partial charge < -0.3 is 9.73 Å². The van der Waals surface area contributed by atoms with Crippen LogP contribution >= 0.6 is 11.6 Å². The first-order valence-electron chi connectivity index (χ1n) is 10.2. The quantitative estimate of drug-likeness (QED) is 0.597. The summed E-state index contributed by atoms with van der Waals surface area (Å²) in [5.41, 5.74) is 5.06. The molecule has 1 atom stereocenters. The fraction of sp³-hybridized carbons (Fsp3) is 0.375. The minimum absolute atomic E-state index is 0.0596. The van der Waals surface area contributed by atoms with Gasteiger partial charge in [-0.2, -0.15) is 0 Å². The summed E-state index contributed by atoms with van der Waals surface area (Å²) in [5, 5.41) is 4.84. The first-order chi connectivity index (χ1) is 14.0. The van der Waals surface area contributed by atoms with Crippen LogP contribution in [0.2, 0.25) is 5.02 Å². The van der Waals surface area contributed by atoms with Gasteiger partial charge in [-0.25, -0.2) is 0 Å². The molecule has 1 aliphatic heterocycles. The van der Waals surface area contributed by atoms with Crippen LogP contribution in [0.4, 0.5) is 0 Å². The number of fused-ring (bicyclic) bond motifs is 1. The first kappa shape index (κ1) is 20.0. The van der Waals surface area contributed by atoms with Crippen LogP contribution in [0.15, 0.2) is 40.8 Å². The van der Waals surface area contributed by atoms with Crippen molar-refractivity contribution in [3.05, 3.63) is 69.4 Å². The molecular weight excluding hydrogens is 384 g/mol. The van der Waals surface area contributed by atoms with Gasteiger partial charge in [0.2, 0.25) is 0 Å². The summed E-state index contributed by atoms with van der Waals surface area (Å²) in [6, 6.07) is 12.1. The van der Waals surface area contributed by atoms with E-state index in [-0.39, 0.29) is 11.9 Å². The van der Waals surface area contributed by atoms with Gasteiger partial charge in [0.15, 0.2) is 5.76 Å². The lowest BCUT2D eigenvalue weighted by Crippen LogP contribution is -2.37. The molecule has 1 aliphatic rings. The summed E-state index contributed by atoms with van der Waals surface area (Å²) in [5.74, 6) is 0.217. The zero-order chi connectivity index (χ0) is 20.5. The highest BCUT2D eigenvalue weighted by atomic mass is 35.5. The molecule has 5 heteroatoms. The minimum atomic E-state index is -0.176. The summed E-state index contributed by atoms with van der Waals surface area (Å²) >= 11 is 6.48. The molecule has 1 saturated heterocycles. The maximum Gasteiger partial charge on any atom is 0.287 e. The number of carbonyl (C=O) groups is 1. The zero-order valence-corrected chi connectivity index (χ0v) is 18.0. The largest absolute Gasteiger partial charge is 0.451 e. The molecule has 1 fully saturated rings. The number of hydrogen-bond donors (Lipinski definition) is 1. The fourth-order valence-corrected chi connectivity index (χ4v) is 4.46. The molecule has 1 amide bonds. The number of aryl methyl sites for hydroxylation is 3. The lowest BCUT2D eigenvalue weighted by Gasteiger charge is -2.28. The van der Waals surface area contributed by atoms with E-state index in [9.17, 15) is 4.79 Å². The highest BCUT2D eigenvalue weighted by Gasteiger charge is 2.26. The number of benzene rings is 2. The lowest BCUT2D eigenvalue weighted by atomic mass is 10.0. The number of rotatable bonds is 5. The third-order valence-electron chi connectivity index (χ3n) is 6.06. The van der Waals surface area contributed by atoms with Crippen LogP contribution in [0.25, 0.3) is 11.0 Å². The molecule has 1 unspecified atom stereocenters. The Bertz CT molecular complexity index is 1050. The number of nitrogens with one attached hydrogen (secondary N) is 1. The monoisotopic (exact) mass is 410 g/mol. The second-order valence-corrected chi connectivity index (χ2v) is 8.39. The van der Waals surface area contributed by atoms with Crippen molar-refractivity contribution in [2.45, 2.75) is 39.7 Å². The number of amides is 1. The van der Waals surface area contributed by atoms with Crippen molar-refractivity contribution in [2.75, 3.05) is 19.6 Å². The molecule has 2 heterocycles. The topological polar surface area (TPSA) is 45.5 Å². The Labute approximate surface area is 176 Å². The number of hydrogen-bond acceptors (Lipinski definition) is 3. The van der Waals surface area contributed by atoms with E-state index in [0.717, 1.165) is 45.8 Å². The molecule has 0 bridgehead atoms. The third-order valence-corrected chi connectivity index (χ3v) is 6.40. The summed E-state index contributed by atoms with van der Waals surface area (Å²) in [4.78, 5) is 15.4. The summed E-state index contributed by atoms with van der Waals surface area (Å²) in [7, 11) is 0. The number of halogens is 1. The van der Waals surface area contributed by atoms with E-state index in [1.807, 2.05) is 31.2 Å². The van der Waals surface area contributed by atoms with E-state index < -0.39 is 0 Å². The molecule has 2 aromatic carbocycles. The molecule has 3 aromatic rings. The highest BCUT2D eigenvalue weighted by molar-refractivity contribution is 6.31. The SMILES string of the molecule is Cc1cc2oc(C(=O)NCC(c3ccccc3Cl)N3CCCC3)c(C)c2cc1C. The van der Waals surface area contributed by atoms with Gasteiger partial charge in [-0.15, -0.1) is 0 Å². The van der Waals surface area contributed by atoms with Gasteiger partial charge in [0.05, 0.1) is 6.04 Å². The molecule has 29 heavy (non-hydrogen) atoms. The first-order valence-corrected chi connectivity index (χ1v) is 10.6. The highest BCUT2D eigenvalue weighted by Crippen LogP contribution is 2.31. The molecule has 0 spiro atoms. The molecule has 1 aromatic heterocycles. The Morgan fingerprint density at radius 1 is 1.14 bits per heavy atom. The Morgan fingerprint density at radius 3 is 2.55 bits per heavy atom. The number of carbonyl (C=O) groups excluding carboxylic acids is 1. The van der Waals surface area contributed by atoms with Gasteiger partial charge in [0.1, 0.15) is 5.58 Å². The van der Waals surface area contributed by atoms with Gasteiger partial charge in [-0.3, -0.25) is 9.69 Å².